The van der Waals surface area contributed by atoms with Gasteiger partial charge in [-0.15, -0.1) is 0 Å². The van der Waals surface area contributed by atoms with Gasteiger partial charge in [0.15, 0.2) is 9.84 Å². The summed E-state index contributed by atoms with van der Waals surface area (Å²) in [4.78, 5) is 25.7. The van der Waals surface area contributed by atoms with E-state index in [0.717, 1.165) is 30.3 Å². The third-order valence-electron chi connectivity index (χ3n) is 3.84. The zero-order valence-electron chi connectivity index (χ0n) is 12.7. The lowest BCUT2D eigenvalue weighted by Gasteiger charge is -2.29. The highest BCUT2D eigenvalue weighted by Gasteiger charge is 2.26. The first-order valence-corrected chi connectivity index (χ1v) is 9.11. The minimum Gasteiger partial charge on any atom is -0.346 e. The minimum atomic E-state index is -3.46. The molecule has 0 saturated carbocycles. The Morgan fingerprint density at radius 2 is 2.00 bits per heavy atom. The highest BCUT2D eigenvalue weighted by molar-refractivity contribution is 7.92. The lowest BCUT2D eigenvalue weighted by molar-refractivity contribution is -0.124. The number of carbonyl (C=O) groups excluding carboxylic acids is 2. The fourth-order valence-electron chi connectivity index (χ4n) is 2.39. The van der Waals surface area contributed by atoms with Crippen LogP contribution in [0, 0.1) is 0 Å². The van der Waals surface area contributed by atoms with Crippen LogP contribution in [0.2, 0.25) is 0 Å². The standard InChI is InChI=1S/C15H20N2O4S/c1-11(22(2,20)21)15(19)16-10-14(18)17-9-5-7-12-6-3-4-8-13(12)17/h3-4,6,8,11H,5,7,9-10H2,1-2H3,(H,16,19). The number of para-hydroxylation sites is 1. The van der Waals surface area contributed by atoms with Gasteiger partial charge in [-0.25, -0.2) is 8.42 Å². The number of rotatable bonds is 4. The average Bonchev–Trinajstić information content (AvgIpc) is 2.50. The highest BCUT2D eigenvalue weighted by Crippen LogP contribution is 2.26. The third kappa shape index (κ3) is 3.65. The quantitative estimate of drug-likeness (QED) is 0.875. The van der Waals surface area contributed by atoms with Crippen LogP contribution in [0.15, 0.2) is 24.3 Å². The van der Waals surface area contributed by atoms with Crippen LogP contribution in [-0.2, 0) is 25.8 Å². The van der Waals surface area contributed by atoms with E-state index in [1.807, 2.05) is 24.3 Å². The van der Waals surface area contributed by atoms with E-state index < -0.39 is 21.0 Å². The van der Waals surface area contributed by atoms with Crippen molar-refractivity contribution in [2.75, 3.05) is 24.2 Å². The molecular weight excluding hydrogens is 304 g/mol. The molecule has 7 heteroatoms. The Kier molecular flexibility index (Phi) is 4.85. The van der Waals surface area contributed by atoms with Crippen LogP contribution in [0.25, 0.3) is 0 Å². The Morgan fingerprint density at radius 3 is 2.68 bits per heavy atom. The molecule has 2 rings (SSSR count). The van der Waals surface area contributed by atoms with Crippen molar-refractivity contribution < 1.29 is 18.0 Å². The molecule has 0 aliphatic carbocycles. The van der Waals surface area contributed by atoms with Crippen molar-refractivity contribution in [3.05, 3.63) is 29.8 Å². The molecule has 1 aliphatic heterocycles. The Balaban J connectivity index is 2.01. The van der Waals surface area contributed by atoms with Crippen LogP contribution in [0.3, 0.4) is 0 Å². The second-order valence-electron chi connectivity index (χ2n) is 5.47. The molecule has 2 amide bonds. The summed E-state index contributed by atoms with van der Waals surface area (Å²) in [5, 5.41) is 1.25. The molecule has 1 N–H and O–H groups in total. The maximum atomic E-state index is 12.3. The van der Waals surface area contributed by atoms with Crippen molar-refractivity contribution in [3.8, 4) is 0 Å². The lowest BCUT2D eigenvalue weighted by Crippen LogP contribution is -2.45. The van der Waals surface area contributed by atoms with E-state index in [-0.39, 0.29) is 12.5 Å². The Morgan fingerprint density at radius 1 is 1.32 bits per heavy atom. The predicted octanol–water partition coefficient (Wildman–Crippen LogP) is 0.515. The van der Waals surface area contributed by atoms with E-state index in [1.54, 1.807) is 4.90 Å². The van der Waals surface area contributed by atoms with Gasteiger partial charge in [-0.05, 0) is 31.4 Å². The van der Waals surface area contributed by atoms with Crippen molar-refractivity contribution in [2.45, 2.75) is 25.0 Å². The molecule has 1 heterocycles. The SMILES string of the molecule is CC(C(=O)NCC(=O)N1CCCc2ccccc21)S(C)(=O)=O. The number of nitrogens with one attached hydrogen (secondary N) is 1. The van der Waals surface area contributed by atoms with Gasteiger partial charge in [0.2, 0.25) is 11.8 Å². The molecule has 0 fully saturated rings. The average molecular weight is 324 g/mol. The zero-order chi connectivity index (χ0) is 16.3. The van der Waals surface area contributed by atoms with E-state index in [9.17, 15) is 18.0 Å². The molecule has 6 nitrogen and oxygen atoms in total. The molecule has 0 aromatic heterocycles. The molecule has 1 aromatic carbocycles. The fourth-order valence-corrected chi connectivity index (χ4v) is 2.86. The fraction of sp³-hybridized carbons (Fsp3) is 0.467. The number of anilines is 1. The Labute approximate surface area is 130 Å². The zero-order valence-corrected chi connectivity index (χ0v) is 13.5. The minimum absolute atomic E-state index is 0.201. The van der Waals surface area contributed by atoms with Gasteiger partial charge in [0.25, 0.3) is 0 Å². The van der Waals surface area contributed by atoms with Gasteiger partial charge in [0, 0.05) is 18.5 Å². The molecular formula is C15H20N2O4S. The molecule has 1 unspecified atom stereocenters. The number of benzene rings is 1. The number of hydrogen-bond donors (Lipinski definition) is 1. The molecule has 0 bridgehead atoms. The van der Waals surface area contributed by atoms with Gasteiger partial charge >= 0.3 is 0 Å². The molecule has 1 atom stereocenters. The first-order valence-electron chi connectivity index (χ1n) is 7.15. The van der Waals surface area contributed by atoms with Crippen LogP contribution < -0.4 is 10.2 Å². The molecule has 0 radical (unpaired) electrons. The summed E-state index contributed by atoms with van der Waals surface area (Å²) in [5.41, 5.74) is 1.97. The van der Waals surface area contributed by atoms with Crippen LogP contribution in [0.4, 0.5) is 5.69 Å². The molecule has 0 spiro atoms. The summed E-state index contributed by atoms with van der Waals surface area (Å²) < 4.78 is 22.7. The van der Waals surface area contributed by atoms with Crippen molar-refractivity contribution in [2.24, 2.45) is 0 Å². The van der Waals surface area contributed by atoms with Crippen molar-refractivity contribution >= 4 is 27.3 Å². The largest absolute Gasteiger partial charge is 0.346 e. The van der Waals surface area contributed by atoms with Gasteiger partial charge < -0.3 is 10.2 Å². The maximum absolute atomic E-state index is 12.3. The summed E-state index contributed by atoms with van der Waals surface area (Å²) in [7, 11) is -3.46. The molecule has 0 saturated heterocycles. The van der Waals surface area contributed by atoms with Gasteiger partial charge in [-0.2, -0.15) is 0 Å². The van der Waals surface area contributed by atoms with Crippen LogP contribution in [0.1, 0.15) is 18.9 Å². The maximum Gasteiger partial charge on any atom is 0.246 e. The predicted molar refractivity (Wildman–Crippen MR) is 84.4 cm³/mol. The summed E-state index contributed by atoms with van der Waals surface area (Å²) >= 11 is 0. The van der Waals surface area contributed by atoms with E-state index in [0.29, 0.717) is 6.54 Å². The van der Waals surface area contributed by atoms with Crippen LogP contribution in [-0.4, -0.2) is 44.8 Å². The van der Waals surface area contributed by atoms with Gasteiger partial charge in [0.05, 0.1) is 6.54 Å². The number of hydrogen-bond acceptors (Lipinski definition) is 4. The van der Waals surface area contributed by atoms with Crippen LogP contribution in [0.5, 0.6) is 0 Å². The number of amides is 2. The van der Waals surface area contributed by atoms with Gasteiger partial charge in [-0.1, -0.05) is 18.2 Å². The topological polar surface area (TPSA) is 83.6 Å². The van der Waals surface area contributed by atoms with Crippen LogP contribution >= 0.6 is 0 Å². The molecule has 120 valence electrons. The summed E-state index contributed by atoms with van der Waals surface area (Å²) in [6.45, 7) is 1.71. The molecule has 22 heavy (non-hydrogen) atoms. The van der Waals surface area contributed by atoms with Crippen molar-refractivity contribution in [1.82, 2.24) is 5.32 Å². The summed E-state index contributed by atoms with van der Waals surface area (Å²) in [5.74, 6) is -0.887. The second-order valence-corrected chi connectivity index (χ2v) is 7.83. The van der Waals surface area contributed by atoms with E-state index in [1.165, 1.54) is 6.92 Å². The van der Waals surface area contributed by atoms with Crippen molar-refractivity contribution in [1.29, 1.82) is 0 Å². The van der Waals surface area contributed by atoms with Gasteiger partial charge in [0.1, 0.15) is 5.25 Å². The lowest BCUT2D eigenvalue weighted by atomic mass is 10.0. The first-order chi connectivity index (χ1) is 10.3. The van der Waals surface area contributed by atoms with E-state index in [2.05, 4.69) is 5.32 Å². The second kappa shape index (κ2) is 6.48. The Bertz CT molecular complexity index is 685. The number of aryl methyl sites for hydroxylation is 1. The Hall–Kier alpha value is -1.89. The highest BCUT2D eigenvalue weighted by atomic mass is 32.2. The van der Waals surface area contributed by atoms with E-state index in [4.69, 9.17) is 0 Å². The number of nitrogens with zero attached hydrogens (tertiary/aromatic N) is 1. The molecule has 1 aliphatic rings. The van der Waals surface area contributed by atoms with Gasteiger partial charge in [-0.3, -0.25) is 9.59 Å². The summed E-state index contributed by atoms with van der Waals surface area (Å²) in [6, 6.07) is 7.67. The smallest absolute Gasteiger partial charge is 0.246 e. The third-order valence-corrected chi connectivity index (χ3v) is 5.34. The number of sulfone groups is 1. The summed E-state index contributed by atoms with van der Waals surface area (Å²) in [6.07, 6.45) is 2.80. The monoisotopic (exact) mass is 324 g/mol. The number of carbonyl (C=O) groups is 2. The molecule has 1 aromatic rings. The van der Waals surface area contributed by atoms with Crippen molar-refractivity contribution in [3.63, 3.8) is 0 Å². The number of fused-ring (bicyclic) bond motifs is 1. The normalized spacial score (nSPS) is 15.8. The first kappa shape index (κ1) is 16.5. The van der Waals surface area contributed by atoms with E-state index >= 15 is 0 Å².